The molecule has 27 heavy (non-hydrogen) atoms. The van der Waals surface area contributed by atoms with E-state index in [1.807, 2.05) is 13.8 Å². The van der Waals surface area contributed by atoms with Crippen LogP contribution in [0.2, 0.25) is 0 Å². The number of nitrogens with zero attached hydrogens (tertiary/aromatic N) is 2. The van der Waals surface area contributed by atoms with Crippen molar-refractivity contribution < 1.29 is 4.79 Å². The molecule has 7 nitrogen and oxygen atoms in total. The number of rotatable bonds is 9. The summed E-state index contributed by atoms with van der Waals surface area (Å²) in [7, 11) is 0. The Labute approximate surface area is 168 Å². The Kier molecular flexibility index (Phi) is 6.68. The van der Waals surface area contributed by atoms with E-state index in [1.54, 1.807) is 6.92 Å². The van der Waals surface area contributed by atoms with Crippen LogP contribution in [0.1, 0.15) is 59.3 Å². The first-order valence-electron chi connectivity index (χ1n) is 9.43. The number of aromatic nitrogens is 2. The number of alkyl halides is 2. The van der Waals surface area contributed by atoms with Crippen LogP contribution in [0.5, 0.6) is 0 Å². The summed E-state index contributed by atoms with van der Waals surface area (Å²) in [6.45, 7) is 6.39. The van der Waals surface area contributed by atoms with Crippen molar-refractivity contribution in [2.24, 2.45) is 5.41 Å². The molecule has 0 aliphatic heterocycles. The Morgan fingerprint density at radius 3 is 2.33 bits per heavy atom. The van der Waals surface area contributed by atoms with Gasteiger partial charge < -0.3 is 10.6 Å². The molecule has 3 N–H and O–H groups in total. The van der Waals surface area contributed by atoms with E-state index in [0.29, 0.717) is 25.9 Å². The number of nitrogens with one attached hydrogen (secondary N) is 1. The van der Waals surface area contributed by atoms with E-state index in [2.05, 4.69) is 4.98 Å². The average molecular weight is 419 g/mol. The summed E-state index contributed by atoms with van der Waals surface area (Å²) in [6.07, 6.45) is 4.43. The van der Waals surface area contributed by atoms with Crippen molar-refractivity contribution in [3.05, 3.63) is 20.8 Å². The molecule has 9 heteroatoms. The number of hydrogen-bond acceptors (Lipinski definition) is 4. The van der Waals surface area contributed by atoms with Crippen LogP contribution in [-0.4, -0.2) is 26.3 Å². The number of aromatic amines is 1. The molecule has 0 bridgehead atoms. The lowest BCUT2D eigenvalue weighted by Crippen LogP contribution is -2.45. The Bertz CT molecular complexity index is 818. The van der Waals surface area contributed by atoms with Crippen molar-refractivity contribution in [1.82, 2.24) is 9.55 Å². The van der Waals surface area contributed by atoms with Crippen molar-refractivity contribution in [3.8, 4) is 0 Å². The molecular weight excluding hydrogens is 391 g/mol. The molecule has 1 saturated carbocycles. The molecule has 2 rings (SSSR count). The Morgan fingerprint density at radius 2 is 1.81 bits per heavy atom. The first-order valence-corrected chi connectivity index (χ1v) is 10.2. The van der Waals surface area contributed by atoms with E-state index in [0.717, 1.165) is 25.7 Å². The smallest absolute Gasteiger partial charge is 0.330 e. The molecule has 1 unspecified atom stereocenters. The largest absolute Gasteiger partial charge is 0.383 e. The van der Waals surface area contributed by atoms with Gasteiger partial charge in [-0.15, -0.1) is 23.2 Å². The second-order valence-electron chi connectivity index (χ2n) is 7.38. The van der Waals surface area contributed by atoms with Gasteiger partial charge in [-0.2, -0.15) is 0 Å². The van der Waals surface area contributed by atoms with E-state index in [9.17, 15) is 14.4 Å². The zero-order valence-corrected chi connectivity index (χ0v) is 17.6. The van der Waals surface area contributed by atoms with Crippen LogP contribution in [0.25, 0.3) is 0 Å². The number of nitrogen functional groups attached to an aromatic ring is 1. The van der Waals surface area contributed by atoms with Crippen LogP contribution in [-0.2, 0) is 11.3 Å². The van der Waals surface area contributed by atoms with E-state index in [1.165, 1.54) is 9.47 Å². The number of amides is 1. The first-order chi connectivity index (χ1) is 12.6. The van der Waals surface area contributed by atoms with Gasteiger partial charge in [0.2, 0.25) is 5.91 Å². The fourth-order valence-electron chi connectivity index (χ4n) is 3.14. The number of carbonyl (C=O) groups excluding carboxylic acids is 1. The van der Waals surface area contributed by atoms with E-state index in [4.69, 9.17) is 28.9 Å². The lowest BCUT2D eigenvalue weighted by atomic mass is 10.1. The zero-order valence-electron chi connectivity index (χ0n) is 16.1. The maximum Gasteiger partial charge on any atom is 0.330 e. The second-order valence-corrected chi connectivity index (χ2v) is 8.86. The minimum atomic E-state index is -1.16. The molecule has 0 aromatic carbocycles. The van der Waals surface area contributed by atoms with Crippen molar-refractivity contribution >= 4 is 40.6 Å². The Morgan fingerprint density at radius 1 is 1.22 bits per heavy atom. The molecule has 1 heterocycles. The monoisotopic (exact) mass is 418 g/mol. The Hall–Kier alpha value is -1.47. The SMILES string of the molecule is CCCCCN(C(=O)C1(C)CC1(Cl)Cl)c1c(N)n(CCCC)c(=O)[nH]c1=O. The van der Waals surface area contributed by atoms with Gasteiger partial charge in [-0.3, -0.25) is 19.1 Å². The van der Waals surface area contributed by atoms with Gasteiger partial charge in [0.25, 0.3) is 5.56 Å². The summed E-state index contributed by atoms with van der Waals surface area (Å²) in [6, 6.07) is 0. The molecule has 1 aliphatic rings. The number of carbonyl (C=O) groups is 1. The highest BCUT2D eigenvalue weighted by molar-refractivity contribution is 6.53. The van der Waals surface area contributed by atoms with Crippen LogP contribution in [0.3, 0.4) is 0 Å². The van der Waals surface area contributed by atoms with E-state index in [-0.39, 0.29) is 17.4 Å². The summed E-state index contributed by atoms with van der Waals surface area (Å²) in [5, 5.41) is 0. The third-order valence-corrected chi connectivity index (χ3v) is 6.28. The average Bonchev–Trinajstić information content (AvgIpc) is 3.11. The third-order valence-electron chi connectivity index (χ3n) is 5.18. The Balaban J connectivity index is 2.51. The lowest BCUT2D eigenvalue weighted by Gasteiger charge is -2.27. The van der Waals surface area contributed by atoms with Crippen LogP contribution >= 0.6 is 23.2 Å². The molecule has 0 spiro atoms. The number of H-pyrrole nitrogens is 1. The van der Waals surface area contributed by atoms with Gasteiger partial charge in [-0.05, 0) is 26.2 Å². The lowest BCUT2D eigenvalue weighted by molar-refractivity contribution is -0.123. The van der Waals surface area contributed by atoms with Gasteiger partial charge in [-0.25, -0.2) is 4.79 Å². The fraction of sp³-hybridized carbons (Fsp3) is 0.722. The fourth-order valence-corrected chi connectivity index (χ4v) is 3.84. The number of unbranched alkanes of at least 4 members (excludes halogenated alkanes) is 3. The van der Waals surface area contributed by atoms with Crippen LogP contribution in [0.15, 0.2) is 9.59 Å². The molecule has 1 amide bonds. The number of hydrogen-bond donors (Lipinski definition) is 2. The summed E-state index contributed by atoms with van der Waals surface area (Å²) in [5.41, 5.74) is 3.96. The van der Waals surface area contributed by atoms with Gasteiger partial charge >= 0.3 is 5.69 Å². The van der Waals surface area contributed by atoms with E-state index < -0.39 is 21.0 Å². The standard InChI is InChI=1S/C18H28Cl2N4O3/c1-4-6-8-10-23(15(26)17(3)11-18(17,19)20)12-13(21)24(9-7-5-2)16(27)22-14(12)25/h4-11,21H2,1-3H3,(H,22,25,27). The maximum atomic E-state index is 13.2. The second kappa shape index (κ2) is 8.27. The normalized spacial score (nSPS) is 20.5. The number of halogens is 2. The van der Waals surface area contributed by atoms with Crippen molar-refractivity contribution in [2.45, 2.75) is 70.2 Å². The highest BCUT2D eigenvalue weighted by atomic mass is 35.5. The van der Waals surface area contributed by atoms with Crippen molar-refractivity contribution in [2.75, 3.05) is 17.2 Å². The zero-order chi connectivity index (χ0) is 20.4. The predicted molar refractivity (Wildman–Crippen MR) is 110 cm³/mol. The predicted octanol–water partition coefficient (Wildman–Crippen LogP) is 3.03. The van der Waals surface area contributed by atoms with Crippen LogP contribution in [0.4, 0.5) is 11.5 Å². The summed E-state index contributed by atoms with van der Waals surface area (Å²) >= 11 is 12.4. The highest BCUT2D eigenvalue weighted by Gasteiger charge is 2.69. The minimum Gasteiger partial charge on any atom is -0.383 e. The summed E-state index contributed by atoms with van der Waals surface area (Å²) in [4.78, 5) is 41.6. The molecule has 0 radical (unpaired) electrons. The van der Waals surface area contributed by atoms with E-state index >= 15 is 0 Å². The van der Waals surface area contributed by atoms with Crippen LogP contribution in [0, 0.1) is 5.41 Å². The maximum absolute atomic E-state index is 13.2. The van der Waals surface area contributed by atoms with Gasteiger partial charge in [0.05, 0.1) is 5.41 Å². The minimum absolute atomic E-state index is 0.000966. The van der Waals surface area contributed by atoms with Crippen molar-refractivity contribution in [3.63, 3.8) is 0 Å². The third kappa shape index (κ3) is 4.19. The molecule has 1 aromatic heterocycles. The highest BCUT2D eigenvalue weighted by Crippen LogP contribution is 2.64. The molecule has 1 fully saturated rings. The number of anilines is 2. The van der Waals surface area contributed by atoms with Gasteiger partial charge in [0.1, 0.15) is 10.2 Å². The summed E-state index contributed by atoms with van der Waals surface area (Å²) in [5.74, 6) is -0.345. The quantitative estimate of drug-likeness (QED) is 0.475. The van der Waals surface area contributed by atoms with Gasteiger partial charge in [0.15, 0.2) is 5.69 Å². The van der Waals surface area contributed by atoms with Crippen LogP contribution < -0.4 is 21.9 Å². The first kappa shape index (κ1) is 21.8. The molecular formula is C18H28Cl2N4O3. The molecule has 1 aliphatic carbocycles. The summed E-state index contributed by atoms with van der Waals surface area (Å²) < 4.78 is 0.148. The molecule has 0 saturated heterocycles. The molecule has 152 valence electrons. The topological polar surface area (TPSA) is 101 Å². The number of nitrogens with two attached hydrogens (primary N) is 1. The molecule has 1 atom stereocenters. The van der Waals surface area contributed by atoms with Gasteiger partial charge in [-0.1, -0.05) is 33.1 Å². The molecule has 1 aromatic rings. The van der Waals surface area contributed by atoms with Gasteiger partial charge in [0, 0.05) is 13.1 Å². The van der Waals surface area contributed by atoms with Crippen molar-refractivity contribution in [1.29, 1.82) is 0 Å².